The Morgan fingerprint density at radius 3 is 1.69 bits per heavy atom. The molecule has 0 aromatic rings. The van der Waals surface area contributed by atoms with Crippen molar-refractivity contribution in [3.63, 3.8) is 0 Å². The Balaban J connectivity index is 1.99. The van der Waals surface area contributed by atoms with E-state index < -0.39 is 0 Å². The van der Waals surface area contributed by atoms with Crippen molar-refractivity contribution in [3.05, 3.63) is 11.8 Å². The van der Waals surface area contributed by atoms with Gasteiger partial charge in [-0.05, 0) is 38.5 Å². The maximum Gasteiger partial charge on any atom is 0.195 e. The van der Waals surface area contributed by atoms with Crippen molar-refractivity contribution in [2.45, 2.75) is 38.5 Å². The molecule has 0 aliphatic carbocycles. The molecule has 0 radical (unpaired) electrons. The van der Waals surface area contributed by atoms with Gasteiger partial charge in [0, 0.05) is 32.1 Å². The minimum Gasteiger partial charge on any atom is -0.857 e. The predicted molar refractivity (Wildman–Crippen MR) is 60.5 cm³/mol. The van der Waals surface area contributed by atoms with Gasteiger partial charge in [0.2, 0.25) is 0 Å². The quantitative estimate of drug-likeness (QED) is 0.712. The van der Waals surface area contributed by atoms with E-state index in [-0.39, 0.29) is 11.8 Å². The van der Waals surface area contributed by atoms with E-state index in [0.717, 1.165) is 51.9 Å². The summed E-state index contributed by atoms with van der Waals surface area (Å²) in [5, 5.41) is 21.9. The molecule has 16 heavy (non-hydrogen) atoms. The average Bonchev–Trinajstić information content (AvgIpc) is 2.39. The molecule has 1 N–H and O–H groups in total. The Bertz CT molecular complexity index is 228. The zero-order valence-corrected chi connectivity index (χ0v) is 9.82. The molecule has 0 aromatic heterocycles. The molecule has 4 nitrogen and oxygen atoms in total. The van der Waals surface area contributed by atoms with Crippen LogP contribution in [0.25, 0.3) is 0 Å². The first-order chi connectivity index (χ1) is 7.79. The summed E-state index contributed by atoms with van der Waals surface area (Å²) in [4.78, 5) is 3.62. The third-order valence-corrected chi connectivity index (χ3v) is 3.49. The highest BCUT2D eigenvalue weighted by Gasteiger charge is 2.16. The molecule has 4 heteroatoms. The highest BCUT2D eigenvalue weighted by molar-refractivity contribution is 4.98. The summed E-state index contributed by atoms with van der Waals surface area (Å²) in [6.45, 7) is 3.25. The fraction of sp³-hybridized carbons (Fsp3) is 0.833. The van der Waals surface area contributed by atoms with Crippen molar-refractivity contribution in [1.29, 1.82) is 0 Å². The van der Waals surface area contributed by atoms with Gasteiger partial charge in [-0.25, -0.2) is 0 Å². The predicted octanol–water partition coefficient (Wildman–Crippen LogP) is 1.00. The van der Waals surface area contributed by atoms with E-state index in [1.807, 2.05) is 4.90 Å². The second-order valence-corrected chi connectivity index (χ2v) is 4.72. The van der Waals surface area contributed by atoms with E-state index in [1.54, 1.807) is 4.90 Å². The molecule has 2 aliphatic heterocycles. The Labute approximate surface area is 97.2 Å². The Morgan fingerprint density at radius 2 is 1.19 bits per heavy atom. The fourth-order valence-electron chi connectivity index (χ4n) is 2.48. The Morgan fingerprint density at radius 1 is 0.750 bits per heavy atom. The number of hydrogen-bond donors (Lipinski definition) is 1. The average molecular weight is 225 g/mol. The van der Waals surface area contributed by atoms with Gasteiger partial charge in [0.05, 0.1) is 0 Å². The van der Waals surface area contributed by atoms with Crippen LogP contribution in [-0.4, -0.2) is 41.1 Å². The van der Waals surface area contributed by atoms with E-state index in [9.17, 15) is 10.2 Å². The van der Waals surface area contributed by atoms with Crippen LogP contribution in [0.1, 0.15) is 38.5 Å². The number of nitrogens with zero attached hydrogens (tertiary/aromatic N) is 2. The number of aliphatic hydroxyl groups is 1. The lowest BCUT2D eigenvalue weighted by Gasteiger charge is -2.38. The summed E-state index contributed by atoms with van der Waals surface area (Å²) in [6, 6.07) is 0. The SMILES string of the molecule is [O-]C(=C(O)N1CCCCC1)N1CCCCC1. The molecule has 0 bridgehead atoms. The highest BCUT2D eigenvalue weighted by atomic mass is 16.3. The molecular formula is C12H21N2O2-. The summed E-state index contributed by atoms with van der Waals surface area (Å²) >= 11 is 0. The standard InChI is InChI=1S/C12H22N2O2/c15-11(13-7-3-1-4-8-13)12(16)14-9-5-2-6-10-14/h15-16H,1-10H2/p-1. The third-order valence-electron chi connectivity index (χ3n) is 3.49. The summed E-state index contributed by atoms with van der Waals surface area (Å²) < 4.78 is 0. The van der Waals surface area contributed by atoms with Gasteiger partial charge >= 0.3 is 0 Å². The first kappa shape index (κ1) is 11.4. The maximum atomic E-state index is 12.0. The van der Waals surface area contributed by atoms with E-state index in [4.69, 9.17) is 0 Å². The van der Waals surface area contributed by atoms with Gasteiger partial charge in [-0.15, -0.1) is 0 Å². The van der Waals surface area contributed by atoms with Gasteiger partial charge in [-0.2, -0.15) is 0 Å². The first-order valence-corrected chi connectivity index (χ1v) is 6.39. The van der Waals surface area contributed by atoms with Crippen molar-refractivity contribution in [1.82, 2.24) is 9.80 Å². The number of hydrogen-bond acceptors (Lipinski definition) is 4. The largest absolute Gasteiger partial charge is 0.857 e. The molecule has 2 aliphatic rings. The van der Waals surface area contributed by atoms with E-state index in [0.29, 0.717) is 0 Å². The molecule has 0 spiro atoms. The van der Waals surface area contributed by atoms with Crippen LogP contribution in [0.3, 0.4) is 0 Å². The molecule has 0 aromatic carbocycles. The summed E-state index contributed by atoms with van der Waals surface area (Å²) in [7, 11) is 0. The molecule has 2 heterocycles. The van der Waals surface area contributed by atoms with Crippen molar-refractivity contribution >= 4 is 0 Å². The minimum absolute atomic E-state index is 0.0263. The first-order valence-electron chi connectivity index (χ1n) is 6.39. The minimum atomic E-state index is -0.165. The van der Waals surface area contributed by atoms with Crippen LogP contribution in [0.2, 0.25) is 0 Å². The summed E-state index contributed by atoms with van der Waals surface area (Å²) in [5.74, 6) is -0.191. The number of likely N-dealkylation sites (tertiary alicyclic amines) is 2. The van der Waals surface area contributed by atoms with Crippen molar-refractivity contribution < 1.29 is 10.2 Å². The van der Waals surface area contributed by atoms with Gasteiger partial charge < -0.3 is 20.0 Å². The monoisotopic (exact) mass is 225 g/mol. The lowest BCUT2D eigenvalue weighted by atomic mass is 10.1. The topological polar surface area (TPSA) is 49.8 Å². The van der Waals surface area contributed by atoms with Crippen LogP contribution >= 0.6 is 0 Å². The molecular weight excluding hydrogens is 204 g/mol. The number of piperidine rings is 2. The Kier molecular flexibility index (Phi) is 3.80. The Hall–Kier alpha value is -1.06. The number of rotatable bonds is 2. The van der Waals surface area contributed by atoms with Gasteiger partial charge in [0.25, 0.3) is 0 Å². The smallest absolute Gasteiger partial charge is 0.195 e. The zero-order chi connectivity index (χ0) is 11.4. The van der Waals surface area contributed by atoms with Crippen LogP contribution in [0.4, 0.5) is 0 Å². The summed E-state index contributed by atoms with van der Waals surface area (Å²) in [6.07, 6.45) is 6.71. The van der Waals surface area contributed by atoms with Crippen molar-refractivity contribution in [2.75, 3.05) is 26.2 Å². The van der Waals surface area contributed by atoms with Gasteiger partial charge in [0.15, 0.2) is 5.88 Å². The fourth-order valence-corrected chi connectivity index (χ4v) is 2.48. The second-order valence-electron chi connectivity index (χ2n) is 4.72. The van der Waals surface area contributed by atoms with Crippen LogP contribution in [0, 0.1) is 0 Å². The van der Waals surface area contributed by atoms with Crippen LogP contribution in [-0.2, 0) is 0 Å². The van der Waals surface area contributed by atoms with Crippen LogP contribution < -0.4 is 5.11 Å². The van der Waals surface area contributed by atoms with E-state index in [1.165, 1.54) is 12.8 Å². The zero-order valence-electron chi connectivity index (χ0n) is 9.82. The molecule has 0 unspecified atom stereocenters. The van der Waals surface area contributed by atoms with Gasteiger partial charge in [-0.1, -0.05) is 0 Å². The number of aliphatic hydroxyl groups excluding tert-OH is 1. The normalized spacial score (nSPS) is 24.2. The van der Waals surface area contributed by atoms with Crippen molar-refractivity contribution in [2.24, 2.45) is 0 Å². The lowest BCUT2D eigenvalue weighted by Crippen LogP contribution is -2.40. The molecule has 0 atom stereocenters. The molecule has 0 saturated carbocycles. The molecule has 2 rings (SSSR count). The molecule has 2 saturated heterocycles. The maximum absolute atomic E-state index is 12.0. The van der Waals surface area contributed by atoms with Crippen LogP contribution in [0.15, 0.2) is 11.8 Å². The molecule has 2 fully saturated rings. The molecule has 92 valence electrons. The van der Waals surface area contributed by atoms with Crippen LogP contribution in [0.5, 0.6) is 0 Å². The third kappa shape index (κ3) is 2.54. The van der Waals surface area contributed by atoms with E-state index >= 15 is 0 Å². The lowest BCUT2D eigenvalue weighted by molar-refractivity contribution is -0.341. The van der Waals surface area contributed by atoms with E-state index in [2.05, 4.69) is 0 Å². The van der Waals surface area contributed by atoms with Crippen molar-refractivity contribution in [3.8, 4) is 0 Å². The van der Waals surface area contributed by atoms with Gasteiger partial charge in [-0.3, -0.25) is 0 Å². The second kappa shape index (κ2) is 5.32. The molecule has 0 amide bonds. The highest BCUT2D eigenvalue weighted by Crippen LogP contribution is 2.18. The van der Waals surface area contributed by atoms with Gasteiger partial charge in [0.1, 0.15) is 0 Å². The summed E-state index contributed by atoms with van der Waals surface area (Å²) in [5.41, 5.74) is 0.